The van der Waals surface area contributed by atoms with Gasteiger partial charge >= 0.3 is 5.97 Å². The lowest BCUT2D eigenvalue weighted by Crippen LogP contribution is -2.31. The van der Waals surface area contributed by atoms with Crippen LogP contribution in [0.15, 0.2) is 36.7 Å². The van der Waals surface area contributed by atoms with Gasteiger partial charge in [0.1, 0.15) is 18.2 Å². The zero-order valence-electron chi connectivity index (χ0n) is 18.7. The molecule has 0 fully saturated rings. The van der Waals surface area contributed by atoms with Gasteiger partial charge in [0.05, 0.1) is 18.9 Å². The molecule has 3 heterocycles. The second-order valence-corrected chi connectivity index (χ2v) is 7.90. The first kappa shape index (κ1) is 22.5. The van der Waals surface area contributed by atoms with Crippen LogP contribution in [0.3, 0.4) is 0 Å². The van der Waals surface area contributed by atoms with Gasteiger partial charge in [-0.3, -0.25) is 4.90 Å². The number of carbonyl (C=O) groups excluding carboxylic acids is 1. The number of rotatable bonds is 9. The van der Waals surface area contributed by atoms with Crippen molar-refractivity contribution in [2.24, 2.45) is 5.73 Å². The Bertz CT molecular complexity index is 1210. The van der Waals surface area contributed by atoms with Crippen molar-refractivity contribution in [3.05, 3.63) is 70.0 Å². The van der Waals surface area contributed by atoms with Crippen LogP contribution in [0, 0.1) is 18.3 Å². The molecule has 1 aliphatic heterocycles. The molecule has 3 aromatic rings. The highest BCUT2D eigenvalue weighted by atomic mass is 16.5. The summed E-state index contributed by atoms with van der Waals surface area (Å²) in [6.07, 6.45) is 4.57. The number of cyclic esters (lactones) is 1. The molecule has 1 aliphatic rings. The van der Waals surface area contributed by atoms with Crippen LogP contribution < -0.4 is 10.5 Å². The number of pyridine rings is 1. The first-order valence-electron chi connectivity index (χ1n) is 10.7. The van der Waals surface area contributed by atoms with Crippen LogP contribution in [0.25, 0.3) is 5.82 Å². The Labute approximate surface area is 192 Å². The molecular formula is C24H26N6O3. The molecule has 33 heavy (non-hydrogen) atoms. The lowest BCUT2D eigenvalue weighted by molar-refractivity contribution is 0.0535. The van der Waals surface area contributed by atoms with E-state index in [4.69, 9.17) is 20.5 Å². The molecule has 0 unspecified atom stereocenters. The van der Waals surface area contributed by atoms with Crippen LogP contribution in [0.5, 0.6) is 5.88 Å². The number of hydrogen-bond acceptors (Lipinski definition) is 8. The van der Waals surface area contributed by atoms with Crippen molar-refractivity contribution < 1.29 is 14.3 Å². The van der Waals surface area contributed by atoms with Crippen LogP contribution in [-0.2, 0) is 24.3 Å². The minimum Gasteiger partial charge on any atom is -0.480 e. The van der Waals surface area contributed by atoms with E-state index in [1.54, 1.807) is 23.0 Å². The maximum atomic E-state index is 11.8. The van der Waals surface area contributed by atoms with Crippen molar-refractivity contribution in [3.8, 4) is 17.8 Å². The molecule has 2 aromatic heterocycles. The molecule has 0 atom stereocenters. The number of ether oxygens (including phenoxy) is 2. The standard InChI is InChI=1S/C24H26N6O3/c1-16-18(3-5-20-21(16)15-33-24(20)31)7-9-29(10-8-25)13-17-12-27-30(14-17)22-6-4-19(11-26)23(28-22)32-2/h3-6,12,14H,7-10,13,15,25H2,1-2H3. The summed E-state index contributed by atoms with van der Waals surface area (Å²) in [4.78, 5) is 18.4. The number of benzene rings is 1. The molecule has 0 saturated carbocycles. The van der Waals surface area contributed by atoms with Crippen LogP contribution in [0.1, 0.15) is 38.2 Å². The highest BCUT2D eigenvalue weighted by Crippen LogP contribution is 2.26. The summed E-state index contributed by atoms with van der Waals surface area (Å²) in [7, 11) is 1.49. The average Bonchev–Trinajstić information content (AvgIpc) is 3.45. The van der Waals surface area contributed by atoms with E-state index in [0.29, 0.717) is 36.6 Å². The Morgan fingerprint density at radius 3 is 2.91 bits per heavy atom. The van der Waals surface area contributed by atoms with E-state index in [2.05, 4.69) is 21.1 Å². The highest BCUT2D eigenvalue weighted by Gasteiger charge is 2.24. The molecule has 1 aromatic carbocycles. The van der Waals surface area contributed by atoms with Gasteiger partial charge in [0.15, 0.2) is 5.82 Å². The normalized spacial score (nSPS) is 12.5. The minimum atomic E-state index is -0.240. The molecule has 9 nitrogen and oxygen atoms in total. The molecule has 0 spiro atoms. The van der Waals surface area contributed by atoms with Crippen LogP contribution in [0.4, 0.5) is 0 Å². The molecule has 9 heteroatoms. The summed E-state index contributed by atoms with van der Waals surface area (Å²) in [5.74, 6) is 0.609. The fourth-order valence-corrected chi connectivity index (χ4v) is 4.02. The second kappa shape index (κ2) is 9.81. The van der Waals surface area contributed by atoms with Gasteiger partial charge in [-0.2, -0.15) is 15.3 Å². The molecule has 0 amide bonds. The summed E-state index contributed by atoms with van der Waals surface area (Å²) in [6, 6.07) is 9.34. The number of esters is 1. The van der Waals surface area contributed by atoms with E-state index in [1.165, 1.54) is 12.7 Å². The third-order valence-corrected chi connectivity index (χ3v) is 5.86. The van der Waals surface area contributed by atoms with Gasteiger partial charge in [0, 0.05) is 43.5 Å². The molecule has 4 rings (SSSR count). The summed E-state index contributed by atoms with van der Waals surface area (Å²) in [6.45, 7) is 5.21. The van der Waals surface area contributed by atoms with E-state index in [1.807, 2.05) is 25.3 Å². The first-order chi connectivity index (χ1) is 16.0. The minimum absolute atomic E-state index is 0.240. The summed E-state index contributed by atoms with van der Waals surface area (Å²) in [5.41, 5.74) is 11.3. The summed E-state index contributed by atoms with van der Waals surface area (Å²) < 4.78 is 12.0. The lowest BCUT2D eigenvalue weighted by Gasteiger charge is -2.21. The van der Waals surface area contributed by atoms with E-state index >= 15 is 0 Å². The number of fused-ring (bicyclic) bond motifs is 1. The van der Waals surface area contributed by atoms with E-state index in [0.717, 1.165) is 36.2 Å². The molecule has 170 valence electrons. The van der Waals surface area contributed by atoms with Gasteiger partial charge in [-0.15, -0.1) is 0 Å². The van der Waals surface area contributed by atoms with Crippen molar-refractivity contribution in [2.45, 2.75) is 26.5 Å². The lowest BCUT2D eigenvalue weighted by atomic mass is 9.96. The molecule has 0 radical (unpaired) electrons. The van der Waals surface area contributed by atoms with Crippen molar-refractivity contribution in [2.75, 3.05) is 26.7 Å². The van der Waals surface area contributed by atoms with Crippen molar-refractivity contribution in [3.63, 3.8) is 0 Å². The number of nitrogens with two attached hydrogens (primary N) is 1. The largest absolute Gasteiger partial charge is 0.480 e. The van der Waals surface area contributed by atoms with Crippen LogP contribution in [0.2, 0.25) is 0 Å². The zero-order chi connectivity index (χ0) is 23.4. The summed E-state index contributed by atoms with van der Waals surface area (Å²) >= 11 is 0. The number of carbonyl (C=O) groups is 1. The third-order valence-electron chi connectivity index (χ3n) is 5.86. The van der Waals surface area contributed by atoms with Gasteiger partial charge in [-0.05, 0) is 42.7 Å². The second-order valence-electron chi connectivity index (χ2n) is 7.90. The van der Waals surface area contributed by atoms with Gasteiger partial charge in [-0.1, -0.05) is 6.07 Å². The predicted molar refractivity (Wildman–Crippen MR) is 121 cm³/mol. The Morgan fingerprint density at radius 1 is 1.30 bits per heavy atom. The maximum absolute atomic E-state index is 11.8. The van der Waals surface area contributed by atoms with Gasteiger partial charge < -0.3 is 15.2 Å². The smallest absolute Gasteiger partial charge is 0.338 e. The molecule has 0 aliphatic carbocycles. The SMILES string of the molecule is COc1nc(-n2cc(CN(CCN)CCc3ccc4c(c3C)COC4=O)cn2)ccc1C#N. The topological polar surface area (TPSA) is 119 Å². The first-order valence-corrected chi connectivity index (χ1v) is 10.7. The van der Waals surface area contributed by atoms with Crippen LogP contribution >= 0.6 is 0 Å². The Morgan fingerprint density at radius 2 is 2.15 bits per heavy atom. The van der Waals surface area contributed by atoms with E-state index in [-0.39, 0.29) is 11.8 Å². The van der Waals surface area contributed by atoms with Crippen molar-refractivity contribution in [1.29, 1.82) is 5.26 Å². The van der Waals surface area contributed by atoms with Gasteiger partial charge in [0.25, 0.3) is 0 Å². The molecule has 0 saturated heterocycles. The summed E-state index contributed by atoms with van der Waals surface area (Å²) in [5, 5.41) is 13.6. The van der Waals surface area contributed by atoms with Crippen molar-refractivity contribution in [1.82, 2.24) is 19.7 Å². The quantitative estimate of drug-likeness (QED) is 0.497. The Hall–Kier alpha value is -3.74. The Balaban J connectivity index is 1.45. The van der Waals surface area contributed by atoms with E-state index in [9.17, 15) is 4.79 Å². The molecule has 2 N–H and O–H groups in total. The molecule has 0 bridgehead atoms. The molecular weight excluding hydrogens is 420 g/mol. The fraction of sp³-hybridized carbons (Fsp3) is 0.333. The highest BCUT2D eigenvalue weighted by molar-refractivity contribution is 5.93. The average molecular weight is 447 g/mol. The van der Waals surface area contributed by atoms with Gasteiger partial charge in [-0.25, -0.2) is 9.48 Å². The predicted octanol–water partition coefficient (Wildman–Crippen LogP) is 2.13. The van der Waals surface area contributed by atoms with Gasteiger partial charge in [0.2, 0.25) is 5.88 Å². The number of nitriles is 1. The maximum Gasteiger partial charge on any atom is 0.338 e. The Kier molecular flexibility index (Phi) is 6.68. The fourth-order valence-electron chi connectivity index (χ4n) is 4.02. The number of aromatic nitrogens is 3. The number of methoxy groups -OCH3 is 1. The van der Waals surface area contributed by atoms with Crippen LogP contribution in [-0.4, -0.2) is 52.4 Å². The monoisotopic (exact) mass is 446 g/mol. The number of hydrogen-bond donors (Lipinski definition) is 1. The number of nitrogens with zero attached hydrogens (tertiary/aromatic N) is 5. The van der Waals surface area contributed by atoms with E-state index < -0.39 is 0 Å². The van der Waals surface area contributed by atoms with Crippen molar-refractivity contribution >= 4 is 5.97 Å². The third kappa shape index (κ3) is 4.72. The zero-order valence-corrected chi connectivity index (χ0v) is 18.7.